The van der Waals surface area contributed by atoms with Gasteiger partial charge in [-0.15, -0.1) is 5.11 Å². The Bertz CT molecular complexity index is 1550. The highest BCUT2D eigenvalue weighted by Crippen LogP contribution is 2.40. The minimum Gasteiger partial charge on any atom is -0.375 e. The number of amidine groups is 1. The molecular weight excluding hydrogens is 486 g/mol. The topological polar surface area (TPSA) is 182 Å². The van der Waals surface area contributed by atoms with Crippen LogP contribution >= 0.6 is 11.3 Å². The molecule has 5 rings (SSSR count). The van der Waals surface area contributed by atoms with Crippen molar-refractivity contribution in [2.24, 2.45) is 20.4 Å². The molecule has 2 aromatic carbocycles. The number of nitrogen functional groups attached to an aromatic ring is 1. The van der Waals surface area contributed by atoms with E-state index in [0.29, 0.717) is 34.7 Å². The summed E-state index contributed by atoms with van der Waals surface area (Å²) in [7, 11) is -8.54. The van der Waals surface area contributed by atoms with Gasteiger partial charge in [0.25, 0.3) is 0 Å². The van der Waals surface area contributed by atoms with Crippen LogP contribution in [0.4, 0.5) is 5.13 Å². The summed E-state index contributed by atoms with van der Waals surface area (Å²) in [6.07, 6.45) is 0.363. The number of nitrogens with one attached hydrogen (secondary N) is 1. The van der Waals surface area contributed by atoms with Gasteiger partial charge in [-0.2, -0.15) is 5.11 Å². The summed E-state index contributed by atoms with van der Waals surface area (Å²) < 4.78 is 53.5. The smallest absolute Gasteiger partial charge is 0.240 e. The van der Waals surface area contributed by atoms with Gasteiger partial charge < -0.3 is 11.1 Å². The fourth-order valence-electron chi connectivity index (χ4n) is 4.13. The highest BCUT2D eigenvalue weighted by atomic mass is 32.2. The number of hydrogen-bond acceptors (Lipinski definition) is 11. The number of nitrogens with two attached hydrogens (primary N) is 2. The maximum Gasteiger partial charge on any atom is 0.240 e. The van der Waals surface area contributed by atoms with E-state index in [1.165, 1.54) is 17.4 Å². The van der Waals surface area contributed by atoms with Crippen LogP contribution in [0.25, 0.3) is 21.3 Å². The molecule has 0 amide bonds. The predicted octanol–water partition coefficient (Wildman–Crippen LogP) is 1.50. The molecule has 1 atom stereocenters. The molecule has 1 fully saturated rings. The molecule has 2 aliphatic rings. The molecule has 0 spiro atoms. The quantitative estimate of drug-likeness (QED) is 0.469. The number of primary sulfonamides is 1. The molecule has 0 radical (unpaired) electrons. The summed E-state index contributed by atoms with van der Waals surface area (Å²) >= 11 is 1.28. The number of para-hydroxylation sites is 1. The lowest BCUT2D eigenvalue weighted by Gasteiger charge is -2.19. The summed E-state index contributed by atoms with van der Waals surface area (Å²) in [6.45, 7) is 0.742. The molecule has 172 valence electrons. The van der Waals surface area contributed by atoms with Gasteiger partial charge in [0.05, 0.1) is 25.9 Å². The van der Waals surface area contributed by atoms with Crippen LogP contribution in [0.15, 0.2) is 55.3 Å². The zero-order valence-electron chi connectivity index (χ0n) is 17.1. The number of rotatable bonds is 5. The van der Waals surface area contributed by atoms with Crippen molar-refractivity contribution < 1.29 is 16.8 Å². The molecule has 0 bridgehead atoms. The van der Waals surface area contributed by atoms with Gasteiger partial charge in [-0.25, -0.2) is 32.0 Å². The Morgan fingerprint density at radius 3 is 2.58 bits per heavy atom. The lowest BCUT2D eigenvalue weighted by Crippen LogP contribution is -2.28. The first-order valence-electron chi connectivity index (χ1n) is 9.90. The van der Waals surface area contributed by atoms with Gasteiger partial charge in [0, 0.05) is 12.1 Å². The molecule has 0 unspecified atom stereocenters. The van der Waals surface area contributed by atoms with E-state index < -0.39 is 30.0 Å². The Hall–Kier alpha value is -2.78. The number of sulfonamides is 1. The molecule has 5 N–H and O–H groups in total. The third-order valence-electron chi connectivity index (χ3n) is 5.57. The third kappa shape index (κ3) is 3.73. The number of thiazole rings is 1. The SMILES string of the molecule is Nc1nc2c(-c3ccc(S(=O)(=O)[C@H]4CCNC4)c(S(N)(=O)=O)c3C3=NCN=N3)cccc2s1. The number of aromatic nitrogens is 1. The fourth-order valence-corrected chi connectivity index (χ4v) is 8.17. The minimum absolute atomic E-state index is 0.00377. The zero-order chi connectivity index (χ0) is 23.4. The maximum absolute atomic E-state index is 13.5. The summed E-state index contributed by atoms with van der Waals surface area (Å²) in [5, 5.41) is 16.0. The van der Waals surface area contributed by atoms with Crippen molar-refractivity contribution in [2.75, 3.05) is 25.5 Å². The highest BCUT2D eigenvalue weighted by molar-refractivity contribution is 7.94. The number of hydrogen-bond donors (Lipinski definition) is 3. The highest BCUT2D eigenvalue weighted by Gasteiger charge is 2.37. The van der Waals surface area contributed by atoms with Gasteiger partial charge in [-0.3, -0.25) is 0 Å². The van der Waals surface area contributed by atoms with Gasteiger partial charge >= 0.3 is 0 Å². The first-order valence-corrected chi connectivity index (χ1v) is 13.8. The van der Waals surface area contributed by atoms with E-state index in [4.69, 9.17) is 10.9 Å². The number of fused-ring (bicyclic) bond motifs is 1. The molecule has 0 aliphatic carbocycles. The van der Waals surface area contributed by atoms with Gasteiger partial charge in [-0.1, -0.05) is 29.5 Å². The number of azo groups is 1. The second-order valence-electron chi connectivity index (χ2n) is 7.59. The van der Waals surface area contributed by atoms with Crippen LogP contribution < -0.4 is 16.2 Å². The largest absolute Gasteiger partial charge is 0.375 e. The van der Waals surface area contributed by atoms with Crippen LogP contribution in [0, 0.1) is 0 Å². The molecule has 2 aliphatic heterocycles. The van der Waals surface area contributed by atoms with Crippen LogP contribution in [0.1, 0.15) is 12.0 Å². The van der Waals surface area contributed by atoms with E-state index in [1.54, 1.807) is 18.2 Å². The van der Waals surface area contributed by atoms with Crippen molar-refractivity contribution >= 4 is 52.4 Å². The van der Waals surface area contributed by atoms with Crippen LogP contribution in [-0.2, 0) is 19.9 Å². The first kappa shape index (κ1) is 22.0. The number of aliphatic imine (C=N–C) groups is 1. The van der Waals surface area contributed by atoms with Crippen LogP contribution in [-0.4, -0.2) is 52.7 Å². The standard InChI is InChI=1S/C19H19N7O4S3/c20-19-25-16-12(2-1-3-13(16)31-19)11-4-5-14(32(27,28)10-6-7-22-8-10)17(33(21,29)30)15(11)18-23-9-24-26-18/h1-5,10,22H,6-9H2,(H2,20,25)(H2,21,29,30)/t10-/m0/s1. The Morgan fingerprint density at radius 1 is 1.09 bits per heavy atom. The number of anilines is 1. The Morgan fingerprint density at radius 2 is 1.91 bits per heavy atom. The van der Waals surface area contributed by atoms with E-state index in [0.717, 1.165) is 4.70 Å². The monoisotopic (exact) mass is 505 g/mol. The van der Waals surface area contributed by atoms with Crippen molar-refractivity contribution in [2.45, 2.75) is 21.5 Å². The van der Waals surface area contributed by atoms with E-state index in [9.17, 15) is 16.8 Å². The van der Waals surface area contributed by atoms with Crippen LogP contribution in [0.5, 0.6) is 0 Å². The lowest BCUT2D eigenvalue weighted by atomic mass is 9.98. The van der Waals surface area contributed by atoms with Gasteiger partial charge in [0.1, 0.15) is 4.90 Å². The molecule has 33 heavy (non-hydrogen) atoms. The molecule has 14 heteroatoms. The van der Waals surface area contributed by atoms with Crippen molar-refractivity contribution in [3.05, 3.63) is 35.9 Å². The Balaban J connectivity index is 1.88. The number of sulfone groups is 1. The summed E-state index contributed by atoms with van der Waals surface area (Å²) in [4.78, 5) is 7.66. The van der Waals surface area contributed by atoms with Crippen molar-refractivity contribution in [1.82, 2.24) is 10.3 Å². The average molecular weight is 506 g/mol. The van der Waals surface area contributed by atoms with Gasteiger partial charge in [-0.05, 0) is 30.7 Å². The van der Waals surface area contributed by atoms with Crippen LogP contribution in [0.3, 0.4) is 0 Å². The Labute approximate surface area is 193 Å². The number of nitrogens with zero attached hydrogens (tertiary/aromatic N) is 4. The normalized spacial score (nSPS) is 18.8. The zero-order valence-corrected chi connectivity index (χ0v) is 19.5. The molecule has 11 nitrogen and oxygen atoms in total. The summed E-state index contributed by atoms with van der Waals surface area (Å²) in [5.41, 5.74) is 7.36. The predicted molar refractivity (Wildman–Crippen MR) is 126 cm³/mol. The summed E-state index contributed by atoms with van der Waals surface area (Å²) in [5.74, 6) is -0.00386. The molecule has 1 saturated heterocycles. The first-order chi connectivity index (χ1) is 15.7. The van der Waals surface area contributed by atoms with Gasteiger partial charge in [0.15, 0.2) is 27.5 Å². The van der Waals surface area contributed by atoms with Crippen LogP contribution in [0.2, 0.25) is 0 Å². The second kappa shape index (κ2) is 7.92. The number of benzene rings is 2. The molecule has 0 saturated carbocycles. The van der Waals surface area contributed by atoms with E-state index in [-0.39, 0.29) is 29.5 Å². The van der Waals surface area contributed by atoms with Crippen molar-refractivity contribution in [3.63, 3.8) is 0 Å². The second-order valence-corrected chi connectivity index (χ2v) is 12.3. The molecule has 1 aromatic heterocycles. The van der Waals surface area contributed by atoms with Gasteiger partial charge in [0.2, 0.25) is 10.0 Å². The molecule has 3 heterocycles. The van der Waals surface area contributed by atoms with E-state index in [1.807, 2.05) is 6.07 Å². The minimum atomic E-state index is -4.52. The third-order valence-corrected chi connectivity index (χ3v) is 9.77. The van der Waals surface area contributed by atoms with E-state index in [2.05, 4.69) is 25.5 Å². The Kier molecular flexibility index (Phi) is 5.29. The fraction of sp³-hybridized carbons (Fsp3) is 0.263. The maximum atomic E-state index is 13.5. The lowest BCUT2D eigenvalue weighted by molar-refractivity contribution is 0.574. The summed E-state index contributed by atoms with van der Waals surface area (Å²) in [6, 6.07) is 8.19. The van der Waals surface area contributed by atoms with Crippen molar-refractivity contribution in [1.29, 1.82) is 0 Å². The molecular formula is C19H19N7O4S3. The average Bonchev–Trinajstić information content (AvgIpc) is 3.52. The molecule has 3 aromatic rings. The van der Waals surface area contributed by atoms with E-state index >= 15 is 0 Å². The van der Waals surface area contributed by atoms with Crippen molar-refractivity contribution in [3.8, 4) is 11.1 Å².